The maximum absolute atomic E-state index is 11.0. The number of rotatable bonds is 6. The molecular formula is C16H18N2O3. The Labute approximate surface area is 123 Å². The lowest BCUT2D eigenvalue weighted by Crippen LogP contribution is -2.18. The Morgan fingerprint density at radius 2 is 1.86 bits per heavy atom. The molecule has 0 saturated heterocycles. The molecule has 0 heterocycles. The second-order valence-corrected chi connectivity index (χ2v) is 4.51. The Kier molecular flexibility index (Phi) is 4.79. The van der Waals surface area contributed by atoms with E-state index in [1.807, 2.05) is 24.3 Å². The van der Waals surface area contributed by atoms with Gasteiger partial charge in [-0.3, -0.25) is 4.79 Å². The molecule has 0 spiro atoms. The van der Waals surface area contributed by atoms with Gasteiger partial charge in [0.05, 0.1) is 7.11 Å². The summed E-state index contributed by atoms with van der Waals surface area (Å²) in [5.74, 6) is 0.904. The zero-order valence-electron chi connectivity index (χ0n) is 11.8. The SMILES string of the molecule is COc1cccc(C(CN)Oc2ccc(C(N)=O)cc2)c1. The predicted molar refractivity (Wildman–Crippen MR) is 80.4 cm³/mol. The summed E-state index contributed by atoms with van der Waals surface area (Å²) in [4.78, 5) is 11.0. The smallest absolute Gasteiger partial charge is 0.248 e. The van der Waals surface area contributed by atoms with Gasteiger partial charge in [0, 0.05) is 12.1 Å². The fraction of sp³-hybridized carbons (Fsp3) is 0.188. The predicted octanol–water partition coefficient (Wildman–Crippen LogP) is 1.87. The zero-order chi connectivity index (χ0) is 15.2. The molecule has 21 heavy (non-hydrogen) atoms. The molecule has 0 saturated carbocycles. The zero-order valence-corrected chi connectivity index (χ0v) is 11.8. The van der Waals surface area contributed by atoms with Crippen LogP contribution in [0.4, 0.5) is 0 Å². The highest BCUT2D eigenvalue weighted by molar-refractivity contribution is 5.92. The molecule has 5 nitrogen and oxygen atoms in total. The summed E-state index contributed by atoms with van der Waals surface area (Å²) in [6.07, 6.45) is -0.292. The van der Waals surface area contributed by atoms with E-state index in [1.165, 1.54) is 0 Å². The molecule has 0 aromatic heterocycles. The molecule has 0 aliphatic rings. The Hall–Kier alpha value is -2.53. The van der Waals surface area contributed by atoms with Crippen molar-refractivity contribution in [1.82, 2.24) is 0 Å². The van der Waals surface area contributed by atoms with Crippen molar-refractivity contribution in [2.75, 3.05) is 13.7 Å². The second kappa shape index (κ2) is 6.76. The molecule has 5 heteroatoms. The fourth-order valence-electron chi connectivity index (χ4n) is 1.96. The van der Waals surface area contributed by atoms with E-state index in [0.717, 1.165) is 11.3 Å². The summed E-state index contributed by atoms with van der Waals surface area (Å²) < 4.78 is 11.0. The van der Waals surface area contributed by atoms with Gasteiger partial charge < -0.3 is 20.9 Å². The number of ether oxygens (including phenoxy) is 2. The third-order valence-corrected chi connectivity index (χ3v) is 3.10. The molecule has 0 fully saturated rings. The maximum atomic E-state index is 11.0. The van der Waals surface area contributed by atoms with Gasteiger partial charge in [-0.2, -0.15) is 0 Å². The summed E-state index contributed by atoms with van der Waals surface area (Å²) in [6, 6.07) is 14.2. The van der Waals surface area contributed by atoms with Crippen LogP contribution < -0.4 is 20.9 Å². The Morgan fingerprint density at radius 3 is 2.43 bits per heavy atom. The van der Waals surface area contributed by atoms with Gasteiger partial charge in [-0.05, 0) is 42.0 Å². The summed E-state index contributed by atoms with van der Waals surface area (Å²) in [5, 5.41) is 0. The molecule has 0 aliphatic heterocycles. The number of amides is 1. The number of carbonyl (C=O) groups is 1. The lowest BCUT2D eigenvalue weighted by molar-refractivity contribution is 0.1000. The molecule has 0 aliphatic carbocycles. The van der Waals surface area contributed by atoms with Crippen molar-refractivity contribution in [1.29, 1.82) is 0 Å². The van der Waals surface area contributed by atoms with E-state index in [0.29, 0.717) is 17.9 Å². The molecule has 1 atom stereocenters. The van der Waals surface area contributed by atoms with Crippen LogP contribution in [0.15, 0.2) is 48.5 Å². The van der Waals surface area contributed by atoms with Gasteiger partial charge in [0.15, 0.2) is 0 Å². The van der Waals surface area contributed by atoms with Gasteiger partial charge >= 0.3 is 0 Å². The van der Waals surface area contributed by atoms with Crippen LogP contribution in [0.5, 0.6) is 11.5 Å². The van der Waals surface area contributed by atoms with Crippen molar-refractivity contribution in [2.24, 2.45) is 11.5 Å². The topological polar surface area (TPSA) is 87.6 Å². The van der Waals surface area contributed by atoms with E-state index < -0.39 is 5.91 Å². The number of primary amides is 1. The minimum absolute atomic E-state index is 0.292. The minimum Gasteiger partial charge on any atom is -0.497 e. The number of nitrogens with two attached hydrogens (primary N) is 2. The normalized spacial score (nSPS) is 11.7. The van der Waals surface area contributed by atoms with E-state index in [4.69, 9.17) is 20.9 Å². The molecule has 0 radical (unpaired) electrons. The summed E-state index contributed by atoms with van der Waals surface area (Å²) >= 11 is 0. The van der Waals surface area contributed by atoms with Gasteiger partial charge in [0.1, 0.15) is 17.6 Å². The monoisotopic (exact) mass is 286 g/mol. The quantitative estimate of drug-likeness (QED) is 0.848. The number of carbonyl (C=O) groups excluding carboxylic acids is 1. The van der Waals surface area contributed by atoms with Gasteiger partial charge in [-0.1, -0.05) is 12.1 Å². The molecule has 2 aromatic rings. The first kappa shape index (κ1) is 14.9. The van der Waals surface area contributed by atoms with Crippen LogP contribution in [-0.4, -0.2) is 19.6 Å². The average molecular weight is 286 g/mol. The Balaban J connectivity index is 2.16. The van der Waals surface area contributed by atoms with Crippen molar-refractivity contribution >= 4 is 5.91 Å². The van der Waals surface area contributed by atoms with E-state index in [9.17, 15) is 4.79 Å². The maximum Gasteiger partial charge on any atom is 0.248 e. The average Bonchev–Trinajstić information content (AvgIpc) is 2.53. The van der Waals surface area contributed by atoms with Gasteiger partial charge in [-0.15, -0.1) is 0 Å². The minimum atomic E-state index is -0.468. The summed E-state index contributed by atoms with van der Waals surface area (Å²) in [7, 11) is 1.61. The van der Waals surface area contributed by atoms with Crippen molar-refractivity contribution in [3.8, 4) is 11.5 Å². The number of hydrogen-bond donors (Lipinski definition) is 2. The van der Waals surface area contributed by atoms with Crippen LogP contribution in [0, 0.1) is 0 Å². The van der Waals surface area contributed by atoms with E-state index >= 15 is 0 Å². The van der Waals surface area contributed by atoms with Crippen LogP contribution in [0.1, 0.15) is 22.0 Å². The third kappa shape index (κ3) is 3.73. The Morgan fingerprint density at radius 1 is 1.14 bits per heavy atom. The first-order valence-corrected chi connectivity index (χ1v) is 6.54. The first-order valence-electron chi connectivity index (χ1n) is 6.54. The molecule has 1 amide bonds. The number of methoxy groups -OCH3 is 1. The molecule has 1 unspecified atom stereocenters. The van der Waals surface area contributed by atoms with Crippen molar-refractivity contribution < 1.29 is 14.3 Å². The number of hydrogen-bond acceptors (Lipinski definition) is 4. The van der Waals surface area contributed by atoms with E-state index in [1.54, 1.807) is 31.4 Å². The lowest BCUT2D eigenvalue weighted by Gasteiger charge is -2.18. The van der Waals surface area contributed by atoms with Crippen LogP contribution in [0.3, 0.4) is 0 Å². The van der Waals surface area contributed by atoms with Crippen molar-refractivity contribution in [3.63, 3.8) is 0 Å². The summed E-state index contributed by atoms with van der Waals surface area (Å²) in [5.41, 5.74) is 12.3. The summed E-state index contributed by atoms with van der Waals surface area (Å²) in [6.45, 7) is 0.324. The Bertz CT molecular complexity index is 611. The number of benzene rings is 2. The van der Waals surface area contributed by atoms with E-state index in [2.05, 4.69) is 0 Å². The highest BCUT2D eigenvalue weighted by Crippen LogP contribution is 2.24. The van der Waals surface area contributed by atoms with Crippen LogP contribution in [0.2, 0.25) is 0 Å². The van der Waals surface area contributed by atoms with Gasteiger partial charge in [-0.25, -0.2) is 0 Å². The van der Waals surface area contributed by atoms with Crippen molar-refractivity contribution in [2.45, 2.75) is 6.10 Å². The van der Waals surface area contributed by atoms with Crippen molar-refractivity contribution in [3.05, 3.63) is 59.7 Å². The standard InChI is InChI=1S/C16H18N2O3/c1-20-14-4-2-3-12(9-14)15(10-17)21-13-7-5-11(6-8-13)16(18)19/h2-9,15H,10,17H2,1H3,(H2,18,19). The molecule has 2 rings (SSSR count). The molecule has 2 aromatic carbocycles. The molecular weight excluding hydrogens is 268 g/mol. The third-order valence-electron chi connectivity index (χ3n) is 3.10. The van der Waals surface area contributed by atoms with Crippen LogP contribution >= 0.6 is 0 Å². The first-order chi connectivity index (χ1) is 10.1. The molecule has 4 N–H and O–H groups in total. The molecule has 110 valence electrons. The highest BCUT2D eigenvalue weighted by Gasteiger charge is 2.12. The second-order valence-electron chi connectivity index (χ2n) is 4.51. The lowest BCUT2D eigenvalue weighted by atomic mass is 10.1. The van der Waals surface area contributed by atoms with Gasteiger partial charge in [0.25, 0.3) is 0 Å². The fourth-order valence-corrected chi connectivity index (χ4v) is 1.96. The highest BCUT2D eigenvalue weighted by atomic mass is 16.5. The van der Waals surface area contributed by atoms with Gasteiger partial charge in [0.2, 0.25) is 5.91 Å². The van der Waals surface area contributed by atoms with E-state index in [-0.39, 0.29) is 6.10 Å². The van der Waals surface area contributed by atoms with Crippen LogP contribution in [0.25, 0.3) is 0 Å². The molecule has 0 bridgehead atoms. The largest absolute Gasteiger partial charge is 0.497 e. The van der Waals surface area contributed by atoms with Crippen LogP contribution in [-0.2, 0) is 0 Å².